The minimum Gasteiger partial charge on any atom is -0.367 e. The molecule has 0 bridgehead atoms. The Morgan fingerprint density at radius 2 is 1.77 bits per heavy atom. The number of anilines is 1. The molecule has 2 heterocycles. The lowest BCUT2D eigenvalue weighted by atomic mass is 9.92. The number of nitrogens with zero attached hydrogens (tertiary/aromatic N) is 3. The van der Waals surface area contributed by atoms with Crippen LogP contribution in [0.1, 0.15) is 47.2 Å². The zero-order chi connectivity index (χ0) is 20.7. The number of hydrogen-bond donors (Lipinski definition) is 2. The molecule has 1 saturated carbocycles. The van der Waals surface area contributed by atoms with E-state index in [1.165, 1.54) is 17.3 Å². The number of fused-ring (bicyclic) bond motifs is 2. The molecule has 156 valence electrons. The maximum Gasteiger partial charge on any atom is 0.256 e. The first-order valence-electron chi connectivity index (χ1n) is 10.3. The number of alkyl halides is 2. The number of hydrogen-bond acceptors (Lipinski definition) is 4. The van der Waals surface area contributed by atoms with Gasteiger partial charge in [-0.25, -0.2) is 18.3 Å². The number of amides is 1. The minimum absolute atomic E-state index is 0.192. The van der Waals surface area contributed by atoms with Crippen LogP contribution in [0.15, 0.2) is 42.7 Å². The number of halogens is 2. The van der Waals surface area contributed by atoms with Gasteiger partial charge in [-0.05, 0) is 42.9 Å². The van der Waals surface area contributed by atoms with Crippen molar-refractivity contribution in [1.82, 2.24) is 19.9 Å². The van der Waals surface area contributed by atoms with E-state index in [-0.39, 0.29) is 43.7 Å². The summed E-state index contributed by atoms with van der Waals surface area (Å²) in [6, 6.07) is 10.2. The second-order valence-corrected chi connectivity index (χ2v) is 8.26. The fourth-order valence-electron chi connectivity index (χ4n) is 4.43. The number of benzene rings is 1. The van der Waals surface area contributed by atoms with E-state index in [9.17, 15) is 13.6 Å². The van der Waals surface area contributed by atoms with Gasteiger partial charge in [-0.3, -0.25) is 4.79 Å². The highest BCUT2D eigenvalue weighted by molar-refractivity contribution is 5.99. The van der Waals surface area contributed by atoms with E-state index in [2.05, 4.69) is 45.0 Å². The highest BCUT2D eigenvalue weighted by Gasteiger charge is 2.35. The molecule has 8 heteroatoms. The lowest BCUT2D eigenvalue weighted by molar-refractivity contribution is -0.0399. The normalized spacial score (nSPS) is 19.0. The van der Waals surface area contributed by atoms with Gasteiger partial charge in [0.25, 0.3) is 5.91 Å². The van der Waals surface area contributed by atoms with Crippen molar-refractivity contribution in [2.24, 2.45) is 0 Å². The van der Waals surface area contributed by atoms with Crippen molar-refractivity contribution in [3.63, 3.8) is 0 Å². The summed E-state index contributed by atoms with van der Waals surface area (Å²) in [4.78, 5) is 17.3. The standard InChI is InChI=1S/C22H23F2N5O/c23-22(24)8-5-16(6-9-22)27-21(30)18-13-25-29-10-7-19(28-20(18)29)26-17-11-14-3-1-2-4-15(14)12-17/h1-4,7,10,13,16-17H,5-6,8-9,11-12H2,(H,26,28)(H,27,30). The molecule has 1 aromatic carbocycles. The highest BCUT2D eigenvalue weighted by atomic mass is 19.3. The molecule has 0 unspecified atom stereocenters. The van der Waals surface area contributed by atoms with Crippen molar-refractivity contribution in [1.29, 1.82) is 0 Å². The van der Waals surface area contributed by atoms with Gasteiger partial charge in [0.2, 0.25) is 5.92 Å². The molecule has 0 atom stereocenters. The van der Waals surface area contributed by atoms with Crippen molar-refractivity contribution >= 4 is 17.4 Å². The number of aromatic nitrogens is 3. The number of carbonyl (C=O) groups excluding carboxylic acids is 1. The summed E-state index contributed by atoms with van der Waals surface area (Å²) < 4.78 is 28.3. The third-order valence-electron chi connectivity index (χ3n) is 6.07. The molecular weight excluding hydrogens is 388 g/mol. The molecule has 2 aliphatic carbocycles. The Morgan fingerprint density at radius 3 is 2.47 bits per heavy atom. The number of rotatable bonds is 4. The minimum atomic E-state index is -2.62. The molecule has 30 heavy (non-hydrogen) atoms. The van der Waals surface area contributed by atoms with Crippen LogP contribution < -0.4 is 10.6 Å². The Hall–Kier alpha value is -3.03. The van der Waals surface area contributed by atoms with Crippen molar-refractivity contribution in [2.45, 2.75) is 56.5 Å². The zero-order valence-electron chi connectivity index (χ0n) is 16.4. The lowest BCUT2D eigenvalue weighted by Crippen LogP contribution is -2.40. The summed E-state index contributed by atoms with van der Waals surface area (Å²) in [5, 5.41) is 10.5. The average molecular weight is 411 g/mol. The molecule has 6 nitrogen and oxygen atoms in total. The topological polar surface area (TPSA) is 71.3 Å². The molecular formula is C22H23F2N5O. The van der Waals surface area contributed by atoms with Crippen molar-refractivity contribution in [3.05, 3.63) is 59.4 Å². The molecule has 2 aliphatic rings. The second-order valence-electron chi connectivity index (χ2n) is 8.26. The van der Waals surface area contributed by atoms with Gasteiger partial charge in [-0.15, -0.1) is 0 Å². The van der Waals surface area contributed by atoms with E-state index >= 15 is 0 Å². The van der Waals surface area contributed by atoms with Crippen molar-refractivity contribution < 1.29 is 13.6 Å². The largest absolute Gasteiger partial charge is 0.367 e. The lowest BCUT2D eigenvalue weighted by Gasteiger charge is -2.28. The van der Waals surface area contributed by atoms with Crippen LogP contribution in [-0.4, -0.2) is 38.5 Å². The third kappa shape index (κ3) is 3.74. The number of carbonyl (C=O) groups is 1. The Bertz CT molecular complexity index is 1060. The maximum absolute atomic E-state index is 13.4. The van der Waals surface area contributed by atoms with Gasteiger partial charge in [0.1, 0.15) is 11.4 Å². The first kappa shape index (κ1) is 19.0. The molecule has 0 radical (unpaired) electrons. The quantitative estimate of drug-likeness (QED) is 0.688. The third-order valence-corrected chi connectivity index (χ3v) is 6.07. The molecule has 2 aromatic heterocycles. The van der Waals surface area contributed by atoms with Gasteiger partial charge in [0.15, 0.2) is 5.65 Å². The van der Waals surface area contributed by atoms with E-state index in [1.54, 1.807) is 10.7 Å². The first-order chi connectivity index (χ1) is 14.5. The van der Waals surface area contributed by atoms with Crippen LogP contribution in [0.25, 0.3) is 5.65 Å². The van der Waals surface area contributed by atoms with Crippen molar-refractivity contribution in [2.75, 3.05) is 5.32 Å². The van der Waals surface area contributed by atoms with E-state index in [1.807, 2.05) is 6.07 Å². The smallest absolute Gasteiger partial charge is 0.256 e. The zero-order valence-corrected chi connectivity index (χ0v) is 16.4. The van der Waals surface area contributed by atoms with Gasteiger partial charge in [-0.2, -0.15) is 5.10 Å². The fourth-order valence-corrected chi connectivity index (χ4v) is 4.43. The van der Waals surface area contributed by atoms with Crippen LogP contribution >= 0.6 is 0 Å². The van der Waals surface area contributed by atoms with Gasteiger partial charge >= 0.3 is 0 Å². The van der Waals surface area contributed by atoms with Gasteiger partial charge in [0.05, 0.1) is 6.20 Å². The summed E-state index contributed by atoms with van der Waals surface area (Å²) >= 11 is 0. The fraction of sp³-hybridized carbons (Fsp3) is 0.409. The van der Waals surface area contributed by atoms with E-state index < -0.39 is 5.92 Å². The summed E-state index contributed by atoms with van der Waals surface area (Å²) in [6.07, 6.45) is 5.28. The summed E-state index contributed by atoms with van der Waals surface area (Å²) in [5.74, 6) is -2.25. The van der Waals surface area contributed by atoms with E-state index in [0.29, 0.717) is 17.0 Å². The monoisotopic (exact) mass is 411 g/mol. The molecule has 0 spiro atoms. The maximum atomic E-state index is 13.4. The Morgan fingerprint density at radius 1 is 1.07 bits per heavy atom. The van der Waals surface area contributed by atoms with Gasteiger partial charge in [0, 0.05) is 31.1 Å². The van der Waals surface area contributed by atoms with Crippen LogP contribution in [0, 0.1) is 0 Å². The van der Waals surface area contributed by atoms with E-state index in [0.717, 1.165) is 12.8 Å². The van der Waals surface area contributed by atoms with Gasteiger partial charge in [-0.1, -0.05) is 24.3 Å². The highest BCUT2D eigenvalue weighted by Crippen LogP contribution is 2.33. The molecule has 0 aliphatic heterocycles. The number of nitrogens with one attached hydrogen (secondary N) is 2. The summed E-state index contributed by atoms with van der Waals surface area (Å²) in [6.45, 7) is 0. The Kier molecular flexibility index (Phi) is 4.64. The van der Waals surface area contributed by atoms with E-state index in [4.69, 9.17) is 0 Å². The Balaban J connectivity index is 1.29. The molecule has 0 saturated heterocycles. The molecule has 2 N–H and O–H groups in total. The molecule has 1 fully saturated rings. The van der Waals surface area contributed by atoms with Crippen LogP contribution in [0.5, 0.6) is 0 Å². The molecule has 5 rings (SSSR count). The van der Waals surface area contributed by atoms with Gasteiger partial charge < -0.3 is 10.6 Å². The van der Waals surface area contributed by atoms with Crippen LogP contribution in [0.4, 0.5) is 14.6 Å². The second kappa shape index (κ2) is 7.34. The van der Waals surface area contributed by atoms with Crippen LogP contribution in [-0.2, 0) is 12.8 Å². The average Bonchev–Trinajstić information content (AvgIpc) is 3.32. The predicted octanol–water partition coefficient (Wildman–Crippen LogP) is 3.62. The van der Waals surface area contributed by atoms with Crippen molar-refractivity contribution in [3.8, 4) is 0 Å². The van der Waals surface area contributed by atoms with Crippen LogP contribution in [0.2, 0.25) is 0 Å². The Labute approximate surface area is 172 Å². The summed E-state index contributed by atoms with van der Waals surface area (Å²) in [7, 11) is 0. The summed E-state index contributed by atoms with van der Waals surface area (Å²) in [5.41, 5.74) is 3.50. The molecule has 1 amide bonds. The first-order valence-corrected chi connectivity index (χ1v) is 10.3. The molecule has 3 aromatic rings. The van der Waals surface area contributed by atoms with Crippen LogP contribution in [0.3, 0.4) is 0 Å². The SMILES string of the molecule is O=C(NC1CCC(F)(F)CC1)c1cnn2ccc(NC3Cc4ccccc4C3)nc12. The predicted molar refractivity (Wildman–Crippen MR) is 109 cm³/mol.